The van der Waals surface area contributed by atoms with Gasteiger partial charge in [0, 0.05) is 13.0 Å². The number of nitrogens with two attached hydrogens (primary N) is 1. The van der Waals surface area contributed by atoms with Crippen molar-refractivity contribution in [3.63, 3.8) is 0 Å². The Balaban J connectivity index is 2.72. The van der Waals surface area contributed by atoms with E-state index in [-0.39, 0.29) is 0 Å². The maximum absolute atomic E-state index is 6.19. The van der Waals surface area contributed by atoms with Gasteiger partial charge >= 0.3 is 0 Å². The number of unbranched alkanes of at least 4 members (excludes halogenated alkanes) is 3. The lowest BCUT2D eigenvalue weighted by Gasteiger charge is -2.05. The molecule has 1 aromatic rings. The zero-order valence-corrected chi connectivity index (χ0v) is 11.9. The largest absolute Gasteiger partial charge is 0.384 e. The Labute approximate surface area is 111 Å². The lowest BCUT2D eigenvalue weighted by atomic mass is 10.1. The van der Waals surface area contributed by atoms with E-state index in [4.69, 9.17) is 10.7 Å². The van der Waals surface area contributed by atoms with Gasteiger partial charge in [0.05, 0.1) is 5.69 Å². The number of anilines is 1. The molecule has 0 aromatic carbocycles. The molecule has 0 radical (unpaired) electrons. The van der Waals surface area contributed by atoms with Crippen molar-refractivity contribution in [1.29, 1.82) is 0 Å². The van der Waals surface area contributed by atoms with Crippen molar-refractivity contribution in [1.82, 2.24) is 9.55 Å². The summed E-state index contributed by atoms with van der Waals surface area (Å²) in [6, 6.07) is 0. The Morgan fingerprint density at radius 2 is 1.94 bits per heavy atom. The molecule has 0 spiro atoms. The third-order valence-electron chi connectivity index (χ3n) is 3.21. The van der Waals surface area contributed by atoms with E-state index in [0.29, 0.717) is 0 Å². The fraction of sp³-hybridized carbons (Fsp3) is 0.667. The van der Waals surface area contributed by atoms with E-state index in [2.05, 4.69) is 25.0 Å². The average molecular weight is 249 g/mol. The van der Waals surface area contributed by atoms with Crippen LogP contribution in [0, 0.1) is 0 Å². The normalized spacial score (nSPS) is 10.8. The molecule has 0 saturated heterocycles. The van der Waals surface area contributed by atoms with Crippen LogP contribution in [-0.2, 0) is 19.4 Å². The van der Waals surface area contributed by atoms with Crippen molar-refractivity contribution < 1.29 is 0 Å². The summed E-state index contributed by atoms with van der Waals surface area (Å²) < 4.78 is 2.10. The fourth-order valence-electron chi connectivity index (χ4n) is 2.22. The molecule has 18 heavy (non-hydrogen) atoms. The molecule has 2 N–H and O–H groups in total. The summed E-state index contributed by atoms with van der Waals surface area (Å²) in [7, 11) is 0. The molecule has 0 unspecified atom stereocenters. The van der Waals surface area contributed by atoms with Crippen LogP contribution < -0.4 is 5.73 Å². The topological polar surface area (TPSA) is 43.8 Å². The molecule has 102 valence electrons. The van der Waals surface area contributed by atoms with Gasteiger partial charge < -0.3 is 10.3 Å². The number of nitrogens with zero attached hydrogens (tertiary/aromatic N) is 2. The summed E-state index contributed by atoms with van der Waals surface area (Å²) >= 11 is 0. The Bertz CT molecular complexity index is 366. The third kappa shape index (κ3) is 3.90. The van der Waals surface area contributed by atoms with Crippen molar-refractivity contribution in [2.24, 2.45) is 0 Å². The second-order valence-corrected chi connectivity index (χ2v) is 4.82. The molecular formula is C15H27N3. The van der Waals surface area contributed by atoms with Gasteiger partial charge in [0.2, 0.25) is 0 Å². The zero-order valence-electron chi connectivity index (χ0n) is 11.9. The first-order valence-corrected chi connectivity index (χ1v) is 7.19. The Morgan fingerprint density at radius 1 is 1.17 bits per heavy atom. The first-order chi connectivity index (χ1) is 8.74. The number of rotatable bonds is 9. The van der Waals surface area contributed by atoms with Crippen molar-refractivity contribution in [2.75, 3.05) is 5.73 Å². The summed E-state index contributed by atoms with van der Waals surface area (Å²) in [5.41, 5.74) is 7.27. The minimum atomic E-state index is 0.767. The quantitative estimate of drug-likeness (QED) is 0.535. The van der Waals surface area contributed by atoms with Gasteiger partial charge in [0.1, 0.15) is 11.6 Å². The molecule has 1 aromatic heterocycles. The summed E-state index contributed by atoms with van der Waals surface area (Å²) in [5.74, 6) is 1.95. The van der Waals surface area contributed by atoms with Gasteiger partial charge in [-0.2, -0.15) is 0 Å². The van der Waals surface area contributed by atoms with Crippen LogP contribution in [0.5, 0.6) is 0 Å². The lowest BCUT2D eigenvalue weighted by Crippen LogP contribution is -2.06. The van der Waals surface area contributed by atoms with Crippen LogP contribution in [0.2, 0.25) is 0 Å². The molecule has 3 heteroatoms. The number of allylic oxidation sites excluding steroid dienone is 1. The van der Waals surface area contributed by atoms with Crippen molar-refractivity contribution >= 4 is 5.82 Å². The van der Waals surface area contributed by atoms with E-state index in [1.807, 2.05) is 6.08 Å². The molecule has 0 amide bonds. The first-order valence-electron chi connectivity index (χ1n) is 7.19. The van der Waals surface area contributed by atoms with E-state index >= 15 is 0 Å². The number of nitrogen functional groups attached to an aromatic ring is 1. The van der Waals surface area contributed by atoms with E-state index in [1.54, 1.807) is 0 Å². The Morgan fingerprint density at radius 3 is 2.56 bits per heavy atom. The summed E-state index contributed by atoms with van der Waals surface area (Å²) in [5, 5.41) is 0. The summed E-state index contributed by atoms with van der Waals surface area (Å²) in [4.78, 5) is 4.71. The van der Waals surface area contributed by atoms with Crippen LogP contribution in [0.1, 0.15) is 57.5 Å². The Kier molecular flexibility index (Phi) is 6.55. The highest BCUT2D eigenvalue weighted by Crippen LogP contribution is 2.18. The highest BCUT2D eigenvalue weighted by Gasteiger charge is 2.12. The Hall–Kier alpha value is -1.25. The van der Waals surface area contributed by atoms with Gasteiger partial charge in [-0.1, -0.05) is 39.2 Å². The molecule has 0 fully saturated rings. The average Bonchev–Trinajstić information content (AvgIpc) is 2.64. The van der Waals surface area contributed by atoms with Gasteiger partial charge in [-0.05, 0) is 19.3 Å². The highest BCUT2D eigenvalue weighted by atomic mass is 15.1. The standard InChI is InChI=1S/C15H27N3/c1-4-7-8-9-11-13-15(16)18(12-6-3)14(17-13)10-5-2/h6H,3-5,7-12,16H2,1-2H3. The van der Waals surface area contributed by atoms with Crippen LogP contribution in [0.3, 0.4) is 0 Å². The first kappa shape index (κ1) is 14.8. The van der Waals surface area contributed by atoms with Crippen LogP contribution >= 0.6 is 0 Å². The van der Waals surface area contributed by atoms with Gasteiger partial charge in [-0.25, -0.2) is 4.98 Å². The van der Waals surface area contributed by atoms with Crippen LogP contribution in [0.25, 0.3) is 0 Å². The van der Waals surface area contributed by atoms with Crippen molar-refractivity contribution in [2.45, 2.75) is 65.3 Å². The minimum absolute atomic E-state index is 0.767. The number of aromatic nitrogens is 2. The molecule has 0 atom stereocenters. The third-order valence-corrected chi connectivity index (χ3v) is 3.21. The number of aryl methyl sites for hydroxylation is 2. The van der Waals surface area contributed by atoms with Gasteiger partial charge in [-0.3, -0.25) is 0 Å². The maximum Gasteiger partial charge on any atom is 0.127 e. The van der Waals surface area contributed by atoms with Crippen LogP contribution in [0.4, 0.5) is 5.82 Å². The lowest BCUT2D eigenvalue weighted by molar-refractivity contribution is 0.661. The number of hydrogen-bond donors (Lipinski definition) is 1. The molecule has 0 saturated carbocycles. The van der Waals surface area contributed by atoms with Gasteiger partial charge in [0.15, 0.2) is 0 Å². The minimum Gasteiger partial charge on any atom is -0.384 e. The monoisotopic (exact) mass is 249 g/mol. The summed E-state index contributed by atoms with van der Waals surface area (Å²) in [6.07, 6.45) is 10.0. The second kappa shape index (κ2) is 7.96. The molecule has 1 rings (SSSR count). The van der Waals surface area contributed by atoms with Crippen LogP contribution in [0.15, 0.2) is 12.7 Å². The SMILES string of the molecule is C=CCn1c(CCC)nc(CCCCCC)c1N. The maximum atomic E-state index is 6.19. The smallest absolute Gasteiger partial charge is 0.127 e. The molecular weight excluding hydrogens is 222 g/mol. The molecule has 0 aliphatic heterocycles. The van der Waals surface area contributed by atoms with Gasteiger partial charge in [-0.15, -0.1) is 6.58 Å². The van der Waals surface area contributed by atoms with Crippen molar-refractivity contribution in [3.8, 4) is 0 Å². The summed E-state index contributed by atoms with van der Waals surface area (Å²) in [6.45, 7) is 8.96. The van der Waals surface area contributed by atoms with E-state index < -0.39 is 0 Å². The molecule has 1 heterocycles. The van der Waals surface area contributed by atoms with E-state index in [0.717, 1.165) is 43.1 Å². The van der Waals surface area contributed by atoms with Crippen molar-refractivity contribution in [3.05, 3.63) is 24.2 Å². The van der Waals surface area contributed by atoms with Gasteiger partial charge in [0.25, 0.3) is 0 Å². The predicted octanol–water partition coefficient (Wildman–Crippen LogP) is 3.73. The molecule has 3 nitrogen and oxygen atoms in total. The number of hydrogen-bond acceptors (Lipinski definition) is 2. The highest BCUT2D eigenvalue weighted by molar-refractivity contribution is 5.38. The van der Waals surface area contributed by atoms with Crippen LogP contribution in [-0.4, -0.2) is 9.55 Å². The van der Waals surface area contributed by atoms with E-state index in [1.165, 1.54) is 25.7 Å². The molecule has 0 aliphatic carbocycles. The molecule has 0 bridgehead atoms. The predicted molar refractivity (Wildman–Crippen MR) is 78.7 cm³/mol. The number of imidazole rings is 1. The second-order valence-electron chi connectivity index (χ2n) is 4.82. The zero-order chi connectivity index (χ0) is 13.4. The molecule has 0 aliphatic rings. The fourth-order valence-corrected chi connectivity index (χ4v) is 2.22. The van der Waals surface area contributed by atoms with E-state index in [9.17, 15) is 0 Å².